The molecule has 5 saturated heterocycles. The van der Waals surface area contributed by atoms with E-state index < -0.39 is 224 Å². The molecule has 5 heterocycles. The van der Waals surface area contributed by atoms with Gasteiger partial charge in [-0.2, -0.15) is 0 Å². The molecule has 4 saturated carbocycles. The number of benzene rings is 1. The van der Waals surface area contributed by atoms with Gasteiger partial charge < -0.3 is 133 Å². The van der Waals surface area contributed by atoms with Crippen LogP contribution in [0.5, 0.6) is 11.5 Å². The summed E-state index contributed by atoms with van der Waals surface area (Å²) in [6.45, 7) is 11.1. The first kappa shape index (κ1) is 76.0. The molecule has 10 aliphatic rings. The number of hydrogen-bond donors (Lipinski definition) is 14. The Kier molecular flexibility index (Phi) is 22.3. The molecule has 0 spiro atoms. The monoisotopic (exact) mass is 1410 g/mol. The Bertz CT molecular complexity index is 3090. The number of hydrogen-bond acceptors (Lipinski definition) is 29. The zero-order valence-electron chi connectivity index (χ0n) is 57.2. The fraction of sp³-hybridized carbons (Fsp3) is 0.812. The summed E-state index contributed by atoms with van der Waals surface area (Å²) in [6.07, 6.45) is -30.7. The lowest BCUT2D eigenvalue weighted by atomic mass is 9.33. The van der Waals surface area contributed by atoms with Gasteiger partial charge in [0.25, 0.3) is 0 Å². The van der Waals surface area contributed by atoms with Gasteiger partial charge in [0.15, 0.2) is 48.9 Å². The number of aliphatic hydroxyl groups is 13. The first-order chi connectivity index (χ1) is 46.7. The Labute approximate surface area is 573 Å². The van der Waals surface area contributed by atoms with E-state index >= 15 is 4.79 Å². The van der Waals surface area contributed by atoms with Crippen molar-refractivity contribution < 1.29 is 147 Å². The quantitative estimate of drug-likeness (QED) is 0.0379. The van der Waals surface area contributed by atoms with Gasteiger partial charge in [0.2, 0.25) is 6.29 Å². The molecule has 0 radical (unpaired) electrons. The van der Waals surface area contributed by atoms with Crippen LogP contribution in [-0.4, -0.2) is 277 Å². The van der Waals surface area contributed by atoms with E-state index in [0.717, 1.165) is 11.6 Å². The Balaban J connectivity index is 0.856. The lowest BCUT2D eigenvalue weighted by Crippen LogP contribution is -2.68. The number of ether oxygens (including phenoxy) is 13. The van der Waals surface area contributed by atoms with Crippen molar-refractivity contribution in [2.24, 2.45) is 50.2 Å². The van der Waals surface area contributed by atoms with Crippen molar-refractivity contribution in [1.29, 1.82) is 0 Å². The first-order valence-corrected chi connectivity index (χ1v) is 34.5. The van der Waals surface area contributed by atoms with Gasteiger partial charge in [-0.25, -0.2) is 4.79 Å². The molecule has 1 aromatic rings. The zero-order chi connectivity index (χ0) is 72.0. The SMILES string of the molecule is COc1ccc(/C=C/C(=O)O[C@@H]2[C@H](O)[C@@H](O[C@@H]3O[C@@H](C)[C@H](O[C@@H]4OC[C@@H](O)[C@H](O[C@@H]5OC[C@H](O)[C@H](O)[C@H]5O)[C@H]4O)[C@@H](O)[C@H]3O)[C@H](OC(=O)[C@]34CCC(C)(C)C[C@@H]3C3=CC[C@@H]5[C@@]6(C)CC[C@H](O[C@@H]7O[C@H](CO)[C@@H](O)[C@H](O)[C@H]7O)[C@@](C)(C(=O)O)[C@@H]6CC[C@@]5(C)[C@]3(CO)CC4)O[C@@H]2C)cc1OC. The Hall–Kier alpha value is -4.17. The summed E-state index contributed by atoms with van der Waals surface area (Å²) in [7, 11) is 2.92. The number of aliphatic hydroxyl groups excluding tert-OH is 13. The van der Waals surface area contributed by atoms with E-state index in [1.54, 1.807) is 25.1 Å². The normalized spacial score (nSPS) is 48.2. The largest absolute Gasteiger partial charge is 0.493 e. The predicted octanol–water partition coefficient (Wildman–Crippen LogP) is -0.559. The number of fused-ring (bicyclic) bond motifs is 7. The van der Waals surface area contributed by atoms with Gasteiger partial charge in [0, 0.05) is 11.5 Å². The molecule has 99 heavy (non-hydrogen) atoms. The second-order valence-electron chi connectivity index (χ2n) is 30.7. The summed E-state index contributed by atoms with van der Waals surface area (Å²) < 4.78 is 77.0. The topological polar surface area (TPSA) is 454 Å². The molecule has 14 N–H and O–H groups in total. The molecule has 9 fully saturated rings. The maximum atomic E-state index is 15.9. The average Bonchev–Trinajstić information content (AvgIpc) is 0.671. The molecule has 5 aliphatic heterocycles. The highest BCUT2D eigenvalue weighted by Crippen LogP contribution is 2.76. The molecule has 1 aromatic carbocycles. The van der Waals surface area contributed by atoms with Gasteiger partial charge in [0.1, 0.15) is 85.5 Å². The summed E-state index contributed by atoms with van der Waals surface area (Å²) in [5.74, 6) is -3.23. The second-order valence-corrected chi connectivity index (χ2v) is 30.7. The molecule has 30 nitrogen and oxygen atoms in total. The minimum Gasteiger partial charge on any atom is -0.493 e. The highest BCUT2D eigenvalue weighted by molar-refractivity contribution is 5.87. The number of rotatable bonds is 18. The zero-order valence-corrected chi connectivity index (χ0v) is 57.2. The van der Waals surface area contributed by atoms with Crippen LogP contribution in [0.25, 0.3) is 6.08 Å². The summed E-state index contributed by atoms with van der Waals surface area (Å²) in [5.41, 5.74) is -4.05. The van der Waals surface area contributed by atoms with Crippen molar-refractivity contribution in [2.45, 2.75) is 260 Å². The van der Waals surface area contributed by atoms with Crippen LogP contribution in [0.4, 0.5) is 0 Å². The predicted molar refractivity (Wildman–Crippen MR) is 336 cm³/mol. The standard InChI is InChI=1S/C69H102O30/c1-30-53(96-58-52(83)55(36(73)28-90-58)97-57-48(79)44(75)35(72)27-89-57)47(78)50(81)59(91-30)98-56-51(82)54(95-43(74)15-11-32-10-13-37(87-8)38(24-32)88-9)31(2)92-61(56)99-63(86)68-21-20-64(3,4)25-34(68)33-12-14-40-65(5)18-17-42(94-60-49(80)46(77)45(76)39(26-70)93-60)67(7,62(84)85)41(65)16-19-66(40,6)69(33,29-71)23-22-68/h10-13,15,24,30-31,34-36,39-42,44-61,70-73,75-83H,14,16-23,25-29H2,1-9H3,(H,84,85)/b15-11+/t30-,31+,34+,35-,36+,39+,40+,41+,42-,44-,45+,46-,47-,48+,49+,50+,51-,52+,53-,54-,55-,56+,57-,58-,59-,60-,61-,65+,66+,67-,68-,69-/m0/s1. The minimum absolute atomic E-state index is 0.200. The first-order valence-electron chi connectivity index (χ1n) is 34.5. The molecule has 30 heteroatoms. The number of methoxy groups -OCH3 is 2. The van der Waals surface area contributed by atoms with E-state index in [4.69, 9.17) is 61.6 Å². The van der Waals surface area contributed by atoms with Crippen molar-refractivity contribution in [3.8, 4) is 11.5 Å². The smallest absolute Gasteiger partial charge is 0.331 e. The van der Waals surface area contributed by atoms with E-state index in [1.807, 2.05) is 0 Å². The Morgan fingerprint density at radius 2 is 1.20 bits per heavy atom. The van der Waals surface area contributed by atoms with Gasteiger partial charge in [-0.1, -0.05) is 45.4 Å². The molecule has 0 amide bonds. The highest BCUT2D eigenvalue weighted by atomic mass is 16.8. The summed E-state index contributed by atoms with van der Waals surface area (Å²) in [4.78, 5) is 43.6. The maximum Gasteiger partial charge on any atom is 0.331 e. The fourth-order valence-electron chi connectivity index (χ4n) is 18.9. The lowest BCUT2D eigenvalue weighted by molar-refractivity contribution is -0.378. The maximum absolute atomic E-state index is 15.9. The van der Waals surface area contributed by atoms with E-state index in [-0.39, 0.29) is 30.8 Å². The molecule has 5 aliphatic carbocycles. The van der Waals surface area contributed by atoms with Crippen LogP contribution in [0.1, 0.15) is 118 Å². The van der Waals surface area contributed by atoms with E-state index in [9.17, 15) is 81.1 Å². The van der Waals surface area contributed by atoms with Gasteiger partial charge in [-0.3, -0.25) is 9.59 Å². The van der Waals surface area contributed by atoms with Crippen LogP contribution < -0.4 is 9.47 Å². The summed E-state index contributed by atoms with van der Waals surface area (Å²) in [5, 5.41) is 155. The van der Waals surface area contributed by atoms with Crippen LogP contribution in [-0.2, 0) is 66.5 Å². The average molecular weight is 1410 g/mol. The summed E-state index contributed by atoms with van der Waals surface area (Å²) in [6, 6.07) is 4.92. The van der Waals surface area contributed by atoms with Crippen molar-refractivity contribution in [2.75, 3.05) is 40.6 Å². The van der Waals surface area contributed by atoms with Crippen LogP contribution in [0.15, 0.2) is 35.9 Å². The van der Waals surface area contributed by atoms with Crippen LogP contribution >= 0.6 is 0 Å². The van der Waals surface area contributed by atoms with Crippen molar-refractivity contribution >= 4 is 24.0 Å². The van der Waals surface area contributed by atoms with E-state index in [0.29, 0.717) is 68.4 Å². The van der Waals surface area contributed by atoms with E-state index in [2.05, 4.69) is 33.8 Å². The lowest BCUT2D eigenvalue weighted by Gasteiger charge is -2.71. The van der Waals surface area contributed by atoms with E-state index in [1.165, 1.54) is 34.1 Å². The number of carboxylic acids is 1. The summed E-state index contributed by atoms with van der Waals surface area (Å²) >= 11 is 0. The minimum atomic E-state index is -2.05. The third kappa shape index (κ3) is 13.3. The molecule has 32 atom stereocenters. The third-order valence-electron chi connectivity index (χ3n) is 24.8. The number of carbonyl (C=O) groups is 3. The molecule has 558 valence electrons. The van der Waals surface area contributed by atoms with Crippen molar-refractivity contribution in [3.63, 3.8) is 0 Å². The van der Waals surface area contributed by atoms with Crippen LogP contribution in [0.2, 0.25) is 0 Å². The molecule has 11 rings (SSSR count). The van der Waals surface area contributed by atoms with Gasteiger partial charge in [0.05, 0.1) is 69.8 Å². The molecular formula is C69H102O30. The molecule has 0 bridgehead atoms. The number of aliphatic carboxylic acids is 1. The third-order valence-corrected chi connectivity index (χ3v) is 24.8. The van der Waals surface area contributed by atoms with Crippen LogP contribution in [0.3, 0.4) is 0 Å². The number of carbonyl (C=O) groups excluding carboxylic acids is 2. The molecular weight excluding hydrogens is 1310 g/mol. The fourth-order valence-corrected chi connectivity index (χ4v) is 18.9. The van der Waals surface area contributed by atoms with Crippen molar-refractivity contribution in [3.05, 3.63) is 41.5 Å². The molecule has 0 aromatic heterocycles. The number of esters is 2. The number of allylic oxidation sites excluding steroid dienone is 1. The van der Waals surface area contributed by atoms with Crippen molar-refractivity contribution in [1.82, 2.24) is 0 Å². The van der Waals surface area contributed by atoms with Gasteiger partial charge in [-0.05, 0) is 143 Å². The Morgan fingerprint density at radius 3 is 1.88 bits per heavy atom. The highest BCUT2D eigenvalue weighted by Gasteiger charge is 2.73. The second kappa shape index (κ2) is 29.1. The Morgan fingerprint density at radius 1 is 0.586 bits per heavy atom. The molecule has 0 unspecified atom stereocenters. The van der Waals surface area contributed by atoms with Gasteiger partial charge >= 0.3 is 17.9 Å². The number of carboxylic acid groups (broad SMARTS) is 1. The van der Waals surface area contributed by atoms with Gasteiger partial charge in [-0.15, -0.1) is 0 Å². The van der Waals surface area contributed by atoms with Crippen LogP contribution in [0, 0.1) is 50.2 Å².